The van der Waals surface area contributed by atoms with E-state index in [1.54, 1.807) is 0 Å². The van der Waals surface area contributed by atoms with Gasteiger partial charge in [0.2, 0.25) is 0 Å². The number of rotatable bonds is 0. The highest BCUT2D eigenvalue weighted by molar-refractivity contribution is 4.88. The maximum atomic E-state index is 12.9. The molecule has 0 amide bonds. The first-order chi connectivity index (χ1) is 6.22. The molecule has 2 rings (SSSR count). The maximum absolute atomic E-state index is 12.9. The van der Waals surface area contributed by atoms with Crippen molar-refractivity contribution in [1.82, 2.24) is 5.12 Å². The van der Waals surface area contributed by atoms with Crippen molar-refractivity contribution in [2.24, 2.45) is 0 Å². The molecule has 3 nitrogen and oxygen atoms in total. The summed E-state index contributed by atoms with van der Waals surface area (Å²) >= 11 is 0. The molecule has 0 radical (unpaired) electrons. The molecule has 2 fully saturated rings. The van der Waals surface area contributed by atoms with Gasteiger partial charge in [-0.25, -0.2) is 0 Å². The summed E-state index contributed by atoms with van der Waals surface area (Å²) in [5.74, 6) is -0.617. The van der Waals surface area contributed by atoms with Crippen LogP contribution in [-0.4, -0.2) is 36.7 Å². The largest absolute Gasteiger partial charge is 0.346 e. The van der Waals surface area contributed by atoms with Crippen molar-refractivity contribution in [1.29, 1.82) is 0 Å². The van der Waals surface area contributed by atoms with Gasteiger partial charge in [0.15, 0.2) is 5.79 Å². The van der Waals surface area contributed by atoms with Crippen LogP contribution in [0.2, 0.25) is 0 Å². The van der Waals surface area contributed by atoms with Gasteiger partial charge in [0.1, 0.15) is 0 Å². The van der Waals surface area contributed by atoms with Crippen LogP contribution in [-0.2, 0) is 9.47 Å². The first kappa shape index (κ1) is 10.9. The van der Waals surface area contributed by atoms with Gasteiger partial charge in [-0.1, -0.05) is 13.8 Å². The summed E-state index contributed by atoms with van der Waals surface area (Å²) in [5, 5.41) is 0.783. The van der Waals surface area contributed by atoms with Crippen LogP contribution >= 0.6 is 0 Å². The monoisotopic (exact) mass is 191 g/mol. The number of nitrogens with zero attached hydrogens (tertiary/aromatic N) is 1. The molecule has 2 heterocycles. The van der Waals surface area contributed by atoms with Gasteiger partial charge in [-0.2, -0.15) is 0 Å². The summed E-state index contributed by atoms with van der Waals surface area (Å²) in [5.41, 5.74) is 0. The minimum Gasteiger partial charge on any atom is -0.346 e. The third kappa shape index (κ3) is 2.18. The molecule has 1 unspecified atom stereocenters. The molecule has 1 spiro atoms. The Morgan fingerprint density at radius 2 is 1.85 bits per heavy atom. The van der Waals surface area contributed by atoms with E-state index in [-0.39, 0.29) is 12.6 Å². The standard InChI is InChI=1S/C7H12FNO2.C2H6/c1-6-4-7(5-9(6)8)10-2-3-11-7;1-2/h6H,2-5H2,1H3;1-2H3. The van der Waals surface area contributed by atoms with Gasteiger partial charge in [-0.3, -0.25) is 0 Å². The van der Waals surface area contributed by atoms with Gasteiger partial charge in [0.05, 0.1) is 19.8 Å². The van der Waals surface area contributed by atoms with Gasteiger partial charge in [0, 0.05) is 12.5 Å². The van der Waals surface area contributed by atoms with Crippen molar-refractivity contribution in [3.8, 4) is 0 Å². The summed E-state index contributed by atoms with van der Waals surface area (Å²) in [6.07, 6.45) is 0.642. The Morgan fingerprint density at radius 3 is 2.23 bits per heavy atom. The molecule has 13 heavy (non-hydrogen) atoms. The number of halogens is 1. The molecule has 2 aliphatic heterocycles. The van der Waals surface area contributed by atoms with E-state index in [4.69, 9.17) is 9.47 Å². The molecule has 4 heteroatoms. The zero-order chi connectivity index (χ0) is 9.90. The average Bonchev–Trinajstić information content (AvgIpc) is 2.66. The van der Waals surface area contributed by atoms with Crippen molar-refractivity contribution in [2.75, 3.05) is 19.8 Å². The Labute approximate surface area is 78.7 Å². The van der Waals surface area contributed by atoms with E-state index in [1.165, 1.54) is 0 Å². The van der Waals surface area contributed by atoms with Crippen molar-refractivity contribution in [2.45, 2.75) is 39.0 Å². The first-order valence-corrected chi connectivity index (χ1v) is 4.92. The molecule has 1 atom stereocenters. The summed E-state index contributed by atoms with van der Waals surface area (Å²) < 4.78 is 23.6. The molecule has 0 aliphatic carbocycles. The van der Waals surface area contributed by atoms with Crippen LogP contribution in [0, 0.1) is 0 Å². The summed E-state index contributed by atoms with van der Waals surface area (Å²) in [7, 11) is 0. The first-order valence-electron chi connectivity index (χ1n) is 4.92. The molecule has 0 saturated carbocycles. The van der Waals surface area contributed by atoms with Crippen LogP contribution in [0.25, 0.3) is 0 Å². The highest BCUT2D eigenvalue weighted by Crippen LogP contribution is 2.34. The van der Waals surface area contributed by atoms with Gasteiger partial charge in [-0.15, -0.1) is 9.60 Å². The summed E-state index contributed by atoms with van der Waals surface area (Å²) in [6, 6.07) is -0.0758. The summed E-state index contributed by atoms with van der Waals surface area (Å²) in [6.45, 7) is 7.29. The lowest BCUT2D eigenvalue weighted by molar-refractivity contribution is -0.155. The van der Waals surface area contributed by atoms with Crippen molar-refractivity contribution in [3.05, 3.63) is 0 Å². The quantitative estimate of drug-likeness (QED) is 0.544. The second kappa shape index (κ2) is 4.35. The van der Waals surface area contributed by atoms with Crippen molar-refractivity contribution in [3.63, 3.8) is 0 Å². The maximum Gasteiger partial charge on any atom is 0.185 e. The molecule has 0 bridgehead atoms. The number of hydrogen-bond donors (Lipinski definition) is 0. The van der Waals surface area contributed by atoms with Crippen molar-refractivity contribution < 1.29 is 14.0 Å². The third-order valence-corrected chi connectivity index (χ3v) is 2.29. The molecule has 0 aromatic rings. The van der Waals surface area contributed by atoms with E-state index < -0.39 is 5.79 Å². The SMILES string of the molecule is CC.CC1CC2(CN1F)OCCO2. The molecule has 0 aromatic carbocycles. The zero-order valence-corrected chi connectivity index (χ0v) is 8.55. The lowest BCUT2D eigenvalue weighted by Gasteiger charge is -2.19. The Hall–Kier alpha value is -0.190. The summed E-state index contributed by atoms with van der Waals surface area (Å²) in [4.78, 5) is 0. The Kier molecular flexibility index (Phi) is 3.64. The van der Waals surface area contributed by atoms with E-state index in [0.29, 0.717) is 19.6 Å². The molecule has 2 saturated heterocycles. The van der Waals surface area contributed by atoms with E-state index in [2.05, 4.69) is 0 Å². The smallest absolute Gasteiger partial charge is 0.185 e. The minimum atomic E-state index is -0.617. The predicted molar refractivity (Wildman–Crippen MR) is 47.9 cm³/mol. The van der Waals surface area contributed by atoms with Crippen molar-refractivity contribution >= 4 is 0 Å². The molecule has 78 valence electrons. The fourth-order valence-electron chi connectivity index (χ4n) is 1.71. The lowest BCUT2D eigenvalue weighted by Crippen LogP contribution is -2.31. The molecular weight excluding hydrogens is 173 g/mol. The number of hydrogen-bond acceptors (Lipinski definition) is 3. The topological polar surface area (TPSA) is 21.7 Å². The number of ether oxygens (including phenoxy) is 2. The highest BCUT2D eigenvalue weighted by Gasteiger charge is 2.47. The van der Waals surface area contributed by atoms with Crippen LogP contribution in [0.3, 0.4) is 0 Å². The minimum absolute atomic E-state index is 0.0758. The second-order valence-corrected chi connectivity index (χ2v) is 3.22. The molecule has 2 aliphatic rings. The zero-order valence-electron chi connectivity index (χ0n) is 8.55. The average molecular weight is 191 g/mol. The normalized spacial score (nSPS) is 31.8. The van der Waals surface area contributed by atoms with E-state index in [1.807, 2.05) is 20.8 Å². The highest BCUT2D eigenvalue weighted by atomic mass is 19.2. The lowest BCUT2D eigenvalue weighted by atomic mass is 10.2. The predicted octanol–water partition coefficient (Wildman–Crippen LogP) is 1.73. The van der Waals surface area contributed by atoms with Crippen LogP contribution in [0.5, 0.6) is 0 Å². The van der Waals surface area contributed by atoms with Crippen LogP contribution in [0.4, 0.5) is 4.48 Å². The van der Waals surface area contributed by atoms with E-state index in [9.17, 15) is 4.48 Å². The van der Waals surface area contributed by atoms with Crippen LogP contribution in [0.15, 0.2) is 0 Å². The Bertz CT molecular complexity index is 148. The molecule has 0 N–H and O–H groups in total. The Balaban J connectivity index is 0.000000396. The van der Waals surface area contributed by atoms with Crippen LogP contribution < -0.4 is 0 Å². The molecular formula is C9H18FNO2. The fraction of sp³-hybridized carbons (Fsp3) is 1.00. The van der Waals surface area contributed by atoms with Gasteiger partial charge < -0.3 is 9.47 Å². The Morgan fingerprint density at radius 1 is 1.31 bits per heavy atom. The van der Waals surface area contributed by atoms with E-state index in [0.717, 1.165) is 5.12 Å². The van der Waals surface area contributed by atoms with Gasteiger partial charge >= 0.3 is 0 Å². The fourth-order valence-corrected chi connectivity index (χ4v) is 1.71. The van der Waals surface area contributed by atoms with Crippen LogP contribution in [0.1, 0.15) is 27.2 Å². The molecule has 0 aromatic heterocycles. The second-order valence-electron chi connectivity index (χ2n) is 3.22. The van der Waals surface area contributed by atoms with Gasteiger partial charge in [0.25, 0.3) is 0 Å². The van der Waals surface area contributed by atoms with Gasteiger partial charge in [-0.05, 0) is 6.92 Å². The third-order valence-electron chi connectivity index (χ3n) is 2.29. The van der Waals surface area contributed by atoms with E-state index >= 15 is 0 Å².